The third-order valence-corrected chi connectivity index (χ3v) is 4.68. The molecule has 0 fully saturated rings. The van der Waals surface area contributed by atoms with Crippen LogP contribution in [0, 0.1) is 13.8 Å². The van der Waals surface area contributed by atoms with Crippen molar-refractivity contribution in [1.82, 2.24) is 9.55 Å². The number of nitrogens with zero attached hydrogens (tertiary/aromatic N) is 2. The highest BCUT2D eigenvalue weighted by atomic mass is 32.1. The van der Waals surface area contributed by atoms with E-state index in [1.54, 1.807) is 13.0 Å². The largest absolute Gasteiger partial charge is 0.416 e. The van der Waals surface area contributed by atoms with Gasteiger partial charge in [0.15, 0.2) is 0 Å². The number of aromatic nitrogens is 2. The number of hydrogen-bond donors (Lipinski definition) is 1. The molecule has 1 N–H and O–H groups in total. The zero-order valence-electron chi connectivity index (χ0n) is 13.8. The fourth-order valence-corrected chi connectivity index (χ4v) is 3.46. The number of aryl methyl sites for hydroxylation is 2. The van der Waals surface area contributed by atoms with E-state index in [9.17, 15) is 22.8 Å². The number of anilines is 1. The van der Waals surface area contributed by atoms with Gasteiger partial charge in [0, 0.05) is 10.6 Å². The molecular formula is C17H14F3N3O2S. The summed E-state index contributed by atoms with van der Waals surface area (Å²) >= 11 is 1.38. The maximum absolute atomic E-state index is 12.7. The number of benzene rings is 1. The van der Waals surface area contributed by atoms with E-state index < -0.39 is 17.6 Å². The Bertz CT molecular complexity index is 1050. The number of halogens is 3. The number of rotatable bonds is 3. The zero-order valence-corrected chi connectivity index (χ0v) is 14.7. The molecule has 0 bridgehead atoms. The van der Waals surface area contributed by atoms with Gasteiger partial charge in [-0.25, -0.2) is 4.98 Å². The molecular weight excluding hydrogens is 367 g/mol. The minimum absolute atomic E-state index is 0.0101. The van der Waals surface area contributed by atoms with Crippen LogP contribution in [0.4, 0.5) is 18.9 Å². The molecule has 0 unspecified atom stereocenters. The standard InChI is InChI=1S/C17H14F3N3O2S/c1-9-6-13-15(26-9)21-10(2)23(16(13)25)8-14(24)22-12-5-3-4-11(7-12)17(18,19)20/h3-7H,8H2,1-2H3,(H,22,24). The van der Waals surface area contributed by atoms with Gasteiger partial charge in [-0.1, -0.05) is 6.07 Å². The van der Waals surface area contributed by atoms with E-state index in [0.29, 0.717) is 16.0 Å². The van der Waals surface area contributed by atoms with Crippen molar-refractivity contribution in [2.45, 2.75) is 26.6 Å². The number of thiophene rings is 1. The Hall–Kier alpha value is -2.68. The summed E-state index contributed by atoms with van der Waals surface area (Å²) in [4.78, 5) is 30.6. The Morgan fingerprint density at radius 2 is 2.00 bits per heavy atom. The van der Waals surface area contributed by atoms with Crippen molar-refractivity contribution in [3.63, 3.8) is 0 Å². The SMILES string of the molecule is Cc1cc2c(=O)n(CC(=O)Nc3cccc(C(F)(F)F)c3)c(C)nc2s1. The number of carbonyl (C=O) groups is 1. The van der Waals surface area contributed by atoms with Gasteiger partial charge >= 0.3 is 6.18 Å². The third kappa shape index (κ3) is 3.62. The highest BCUT2D eigenvalue weighted by molar-refractivity contribution is 7.18. The van der Waals surface area contributed by atoms with Crippen LogP contribution in [0.25, 0.3) is 10.2 Å². The molecule has 3 rings (SSSR count). The molecule has 0 saturated heterocycles. The van der Waals surface area contributed by atoms with Crippen LogP contribution in [0.5, 0.6) is 0 Å². The van der Waals surface area contributed by atoms with E-state index in [2.05, 4.69) is 10.3 Å². The lowest BCUT2D eigenvalue weighted by Crippen LogP contribution is -2.29. The number of alkyl halides is 3. The number of amides is 1. The average molecular weight is 381 g/mol. The summed E-state index contributed by atoms with van der Waals surface area (Å²) in [6.45, 7) is 3.12. The lowest BCUT2D eigenvalue weighted by Gasteiger charge is -2.12. The Morgan fingerprint density at radius 3 is 2.69 bits per heavy atom. The molecule has 0 saturated carbocycles. The normalized spacial score (nSPS) is 11.7. The van der Waals surface area contributed by atoms with Crippen molar-refractivity contribution in [1.29, 1.82) is 0 Å². The smallest absolute Gasteiger partial charge is 0.325 e. The summed E-state index contributed by atoms with van der Waals surface area (Å²) in [6.07, 6.45) is -4.50. The maximum atomic E-state index is 12.7. The molecule has 136 valence electrons. The lowest BCUT2D eigenvalue weighted by molar-refractivity contribution is -0.137. The van der Waals surface area contributed by atoms with Gasteiger partial charge in [-0.15, -0.1) is 11.3 Å². The summed E-state index contributed by atoms with van der Waals surface area (Å²) in [5, 5.41) is 2.81. The van der Waals surface area contributed by atoms with Gasteiger partial charge in [0.25, 0.3) is 5.56 Å². The monoisotopic (exact) mass is 381 g/mol. The Morgan fingerprint density at radius 1 is 1.27 bits per heavy atom. The lowest BCUT2D eigenvalue weighted by atomic mass is 10.2. The quantitative estimate of drug-likeness (QED) is 0.752. The van der Waals surface area contributed by atoms with Crippen LogP contribution in [0.3, 0.4) is 0 Å². The van der Waals surface area contributed by atoms with Crippen molar-refractivity contribution >= 4 is 33.1 Å². The van der Waals surface area contributed by atoms with Crippen LogP contribution in [0.2, 0.25) is 0 Å². The molecule has 0 aliphatic rings. The van der Waals surface area contributed by atoms with Gasteiger partial charge in [-0.3, -0.25) is 14.2 Å². The van der Waals surface area contributed by atoms with Crippen LogP contribution in [-0.2, 0) is 17.5 Å². The zero-order chi connectivity index (χ0) is 19.1. The number of nitrogens with one attached hydrogen (secondary N) is 1. The fourth-order valence-electron chi connectivity index (χ4n) is 2.54. The van der Waals surface area contributed by atoms with E-state index in [1.165, 1.54) is 28.0 Å². The molecule has 2 heterocycles. The van der Waals surface area contributed by atoms with Crippen LogP contribution < -0.4 is 10.9 Å². The molecule has 0 spiro atoms. The predicted molar refractivity (Wildman–Crippen MR) is 93.4 cm³/mol. The van der Waals surface area contributed by atoms with E-state index in [0.717, 1.165) is 17.0 Å². The molecule has 1 aromatic carbocycles. The fraction of sp³-hybridized carbons (Fsp3) is 0.235. The summed E-state index contributed by atoms with van der Waals surface area (Å²) < 4.78 is 39.4. The van der Waals surface area contributed by atoms with Gasteiger partial charge in [0.05, 0.1) is 10.9 Å². The van der Waals surface area contributed by atoms with E-state index in [-0.39, 0.29) is 17.8 Å². The summed E-state index contributed by atoms with van der Waals surface area (Å²) in [7, 11) is 0. The van der Waals surface area contributed by atoms with Crippen LogP contribution in [0.1, 0.15) is 16.3 Å². The molecule has 3 aromatic rings. The van der Waals surface area contributed by atoms with Crippen molar-refractivity contribution in [3.8, 4) is 0 Å². The van der Waals surface area contributed by atoms with Crippen LogP contribution in [-0.4, -0.2) is 15.5 Å². The Labute approximate surface area is 150 Å². The summed E-state index contributed by atoms with van der Waals surface area (Å²) in [5.41, 5.74) is -1.20. The molecule has 2 aromatic heterocycles. The molecule has 26 heavy (non-hydrogen) atoms. The van der Waals surface area contributed by atoms with Crippen LogP contribution >= 0.6 is 11.3 Å². The summed E-state index contributed by atoms with van der Waals surface area (Å²) in [6, 6.07) is 6.03. The Kier molecular flexibility index (Phi) is 4.57. The molecule has 1 amide bonds. The average Bonchev–Trinajstić information content (AvgIpc) is 2.91. The minimum Gasteiger partial charge on any atom is -0.325 e. The minimum atomic E-state index is -4.50. The Balaban J connectivity index is 1.85. The van der Waals surface area contributed by atoms with Crippen molar-refractivity contribution in [3.05, 3.63) is 57.0 Å². The second kappa shape index (κ2) is 6.56. The number of carbonyl (C=O) groups excluding carboxylic acids is 1. The number of fused-ring (bicyclic) bond motifs is 1. The van der Waals surface area contributed by atoms with Gasteiger partial charge in [0.2, 0.25) is 5.91 Å². The topological polar surface area (TPSA) is 64.0 Å². The third-order valence-electron chi connectivity index (χ3n) is 3.74. The second-order valence-corrected chi connectivity index (χ2v) is 6.99. The van der Waals surface area contributed by atoms with E-state index in [4.69, 9.17) is 0 Å². The molecule has 0 aliphatic carbocycles. The first-order valence-electron chi connectivity index (χ1n) is 7.60. The first-order chi connectivity index (χ1) is 12.1. The second-order valence-electron chi connectivity index (χ2n) is 5.75. The highest BCUT2D eigenvalue weighted by Crippen LogP contribution is 2.30. The number of hydrogen-bond acceptors (Lipinski definition) is 4. The highest BCUT2D eigenvalue weighted by Gasteiger charge is 2.30. The van der Waals surface area contributed by atoms with Gasteiger partial charge in [-0.05, 0) is 38.1 Å². The summed E-state index contributed by atoms with van der Waals surface area (Å²) in [5.74, 6) is -0.244. The van der Waals surface area contributed by atoms with Crippen LogP contribution in [0.15, 0.2) is 35.1 Å². The van der Waals surface area contributed by atoms with Gasteiger partial charge < -0.3 is 5.32 Å². The molecule has 9 heteroatoms. The first kappa shape index (κ1) is 18.1. The molecule has 0 radical (unpaired) electrons. The van der Waals surface area contributed by atoms with Crippen molar-refractivity contribution in [2.75, 3.05) is 5.32 Å². The maximum Gasteiger partial charge on any atom is 0.416 e. The molecule has 0 atom stereocenters. The van der Waals surface area contributed by atoms with Crippen molar-refractivity contribution < 1.29 is 18.0 Å². The van der Waals surface area contributed by atoms with E-state index >= 15 is 0 Å². The van der Waals surface area contributed by atoms with Gasteiger partial charge in [0.1, 0.15) is 17.2 Å². The predicted octanol–water partition coefficient (Wildman–Crippen LogP) is 3.73. The van der Waals surface area contributed by atoms with E-state index in [1.807, 2.05) is 6.92 Å². The van der Waals surface area contributed by atoms with Crippen molar-refractivity contribution in [2.24, 2.45) is 0 Å². The molecule has 5 nitrogen and oxygen atoms in total. The first-order valence-corrected chi connectivity index (χ1v) is 8.41. The molecule has 0 aliphatic heterocycles. The van der Waals surface area contributed by atoms with Gasteiger partial charge in [-0.2, -0.15) is 13.2 Å².